The van der Waals surface area contributed by atoms with E-state index in [0.717, 1.165) is 32.1 Å². The Hall–Kier alpha value is 0.140. The van der Waals surface area contributed by atoms with Gasteiger partial charge in [0, 0.05) is 6.42 Å². The van der Waals surface area contributed by atoms with Crippen LogP contribution in [0.2, 0.25) is 0 Å². The summed E-state index contributed by atoms with van der Waals surface area (Å²) >= 11 is 2.31. The van der Waals surface area contributed by atoms with E-state index < -0.39 is 0 Å². The van der Waals surface area contributed by atoms with Crippen molar-refractivity contribution >= 4 is 28.4 Å². The lowest BCUT2D eigenvalue weighted by molar-refractivity contribution is -0.126. The highest BCUT2D eigenvalue weighted by atomic mass is 127. The fourth-order valence-corrected chi connectivity index (χ4v) is 3.92. The molecule has 1 spiro atoms. The molecule has 1 atom stereocenters. The maximum atomic E-state index is 12.2. The van der Waals surface area contributed by atoms with Crippen molar-refractivity contribution in [2.24, 2.45) is 5.41 Å². The first kappa shape index (κ1) is 10.7. The number of Topliss-reactive ketones (excluding diaryl/α,β-unsaturated/α-hetero) is 1. The Morgan fingerprint density at radius 3 is 2.64 bits per heavy atom. The van der Waals surface area contributed by atoms with E-state index in [0.29, 0.717) is 5.78 Å². The van der Waals surface area contributed by atoms with Crippen molar-refractivity contribution in [2.45, 2.75) is 51.4 Å². The Morgan fingerprint density at radius 2 is 1.86 bits per heavy atom. The molecule has 0 heterocycles. The van der Waals surface area contributed by atoms with Crippen molar-refractivity contribution in [3.8, 4) is 0 Å². The average Bonchev–Trinajstić information content (AvgIpc) is 2.51. The average molecular weight is 304 g/mol. The van der Waals surface area contributed by atoms with Gasteiger partial charge in [-0.2, -0.15) is 0 Å². The molecule has 0 N–H and O–H groups in total. The zero-order valence-corrected chi connectivity index (χ0v) is 10.7. The number of carbonyl (C=O) groups is 1. The van der Waals surface area contributed by atoms with Gasteiger partial charge in [-0.25, -0.2) is 0 Å². The molecule has 2 saturated carbocycles. The van der Waals surface area contributed by atoms with Gasteiger partial charge in [0.05, 0.1) is 5.41 Å². The number of ketones is 1. The molecule has 78 valence electrons. The molecule has 2 aliphatic rings. The molecule has 2 rings (SSSR count). The van der Waals surface area contributed by atoms with Gasteiger partial charge >= 0.3 is 0 Å². The van der Waals surface area contributed by atoms with Gasteiger partial charge in [0.25, 0.3) is 0 Å². The number of carbonyl (C=O) groups excluding carboxylic acids is 1. The Balaban J connectivity index is 2.30. The van der Waals surface area contributed by atoms with Gasteiger partial charge in [0.15, 0.2) is 0 Å². The van der Waals surface area contributed by atoms with Crippen LogP contribution in [0.15, 0.2) is 9.66 Å². The highest BCUT2D eigenvalue weighted by molar-refractivity contribution is 14.1. The first-order valence-electron chi connectivity index (χ1n) is 5.63. The Labute approximate surface area is 99.5 Å². The summed E-state index contributed by atoms with van der Waals surface area (Å²) in [6, 6.07) is 0. The Morgan fingerprint density at radius 1 is 1.07 bits per heavy atom. The van der Waals surface area contributed by atoms with E-state index in [1.807, 2.05) is 0 Å². The second-order valence-corrected chi connectivity index (χ2v) is 5.18. The second kappa shape index (κ2) is 4.33. The van der Waals surface area contributed by atoms with Gasteiger partial charge in [0.1, 0.15) is 5.78 Å². The van der Waals surface area contributed by atoms with Crippen LogP contribution in [0.3, 0.4) is 0 Å². The van der Waals surface area contributed by atoms with Crippen molar-refractivity contribution in [1.29, 1.82) is 0 Å². The van der Waals surface area contributed by atoms with E-state index >= 15 is 0 Å². The third-order valence-electron chi connectivity index (χ3n) is 3.84. The van der Waals surface area contributed by atoms with Gasteiger partial charge in [0.2, 0.25) is 0 Å². The van der Waals surface area contributed by atoms with Crippen LogP contribution in [0.4, 0.5) is 0 Å². The highest BCUT2D eigenvalue weighted by Gasteiger charge is 2.44. The topological polar surface area (TPSA) is 17.1 Å². The van der Waals surface area contributed by atoms with Gasteiger partial charge in [-0.05, 0) is 36.2 Å². The third-order valence-corrected chi connectivity index (χ3v) is 4.59. The summed E-state index contributed by atoms with van der Waals surface area (Å²) in [5.41, 5.74) is 1.43. The molecule has 0 saturated heterocycles. The molecular formula is C12H17IO. The van der Waals surface area contributed by atoms with E-state index in [9.17, 15) is 4.79 Å². The second-order valence-electron chi connectivity index (χ2n) is 4.55. The molecule has 1 unspecified atom stereocenters. The van der Waals surface area contributed by atoms with Gasteiger partial charge in [-0.15, -0.1) is 0 Å². The van der Waals surface area contributed by atoms with Crippen LogP contribution in [0, 0.1) is 5.41 Å². The van der Waals surface area contributed by atoms with Crippen LogP contribution < -0.4 is 0 Å². The summed E-state index contributed by atoms with van der Waals surface area (Å²) < 4.78 is 2.17. The van der Waals surface area contributed by atoms with Crippen LogP contribution >= 0.6 is 22.6 Å². The fraction of sp³-hybridized carbons (Fsp3) is 0.750. The van der Waals surface area contributed by atoms with Crippen molar-refractivity contribution in [1.82, 2.24) is 0 Å². The minimum atomic E-state index is -0.00229. The van der Waals surface area contributed by atoms with Crippen LogP contribution in [0.1, 0.15) is 51.4 Å². The van der Waals surface area contributed by atoms with Crippen LogP contribution in [-0.4, -0.2) is 5.78 Å². The number of halogens is 1. The zero-order valence-electron chi connectivity index (χ0n) is 8.52. The third kappa shape index (κ3) is 1.66. The van der Waals surface area contributed by atoms with Crippen molar-refractivity contribution in [2.75, 3.05) is 0 Å². The molecule has 0 aromatic heterocycles. The van der Waals surface area contributed by atoms with Crippen molar-refractivity contribution in [3.05, 3.63) is 9.66 Å². The quantitative estimate of drug-likeness (QED) is 0.618. The van der Waals surface area contributed by atoms with Crippen LogP contribution in [0.25, 0.3) is 0 Å². The number of hydrogen-bond donors (Lipinski definition) is 0. The summed E-state index contributed by atoms with van der Waals surface area (Å²) in [5.74, 6) is 0.537. The van der Waals surface area contributed by atoms with Crippen LogP contribution in [-0.2, 0) is 4.79 Å². The molecule has 0 aliphatic heterocycles. The first-order chi connectivity index (χ1) is 6.79. The summed E-state index contributed by atoms with van der Waals surface area (Å²) in [6.07, 6.45) is 9.08. The maximum absolute atomic E-state index is 12.2. The van der Waals surface area contributed by atoms with E-state index in [1.165, 1.54) is 24.8 Å². The largest absolute Gasteiger partial charge is 0.299 e. The Bertz CT molecular complexity index is 269. The van der Waals surface area contributed by atoms with E-state index in [2.05, 4.69) is 26.7 Å². The number of hydrogen-bond acceptors (Lipinski definition) is 1. The molecular weight excluding hydrogens is 287 g/mol. The predicted octanol–water partition coefficient (Wildman–Crippen LogP) is 4.01. The van der Waals surface area contributed by atoms with Crippen LogP contribution in [0.5, 0.6) is 0 Å². The summed E-state index contributed by atoms with van der Waals surface area (Å²) in [7, 11) is 0. The summed E-state index contributed by atoms with van der Waals surface area (Å²) in [6.45, 7) is 0. The summed E-state index contributed by atoms with van der Waals surface area (Å²) in [4.78, 5) is 12.2. The lowest BCUT2D eigenvalue weighted by Gasteiger charge is -2.27. The molecule has 0 radical (unpaired) electrons. The zero-order chi connectivity index (χ0) is 10.0. The standard InChI is InChI=1S/C12H17IO/c13-9-10-5-4-8-12(10)7-3-1-2-6-11(12)14/h9H,1-8H2/b10-9-. The van der Waals surface area contributed by atoms with E-state index in [1.54, 1.807) is 0 Å². The molecule has 0 bridgehead atoms. The molecule has 0 aromatic rings. The SMILES string of the molecule is O=C1CCCCCC12CCC/C2=C/I. The molecule has 2 fully saturated rings. The normalized spacial score (nSPS) is 36.6. The van der Waals surface area contributed by atoms with Crippen molar-refractivity contribution < 1.29 is 4.79 Å². The van der Waals surface area contributed by atoms with Gasteiger partial charge < -0.3 is 0 Å². The number of rotatable bonds is 0. The minimum Gasteiger partial charge on any atom is -0.299 e. The van der Waals surface area contributed by atoms with Crippen molar-refractivity contribution in [3.63, 3.8) is 0 Å². The smallest absolute Gasteiger partial charge is 0.143 e. The number of allylic oxidation sites excluding steroid dienone is 1. The molecule has 0 amide bonds. The molecule has 2 heteroatoms. The summed E-state index contributed by atoms with van der Waals surface area (Å²) in [5, 5.41) is 0. The molecule has 1 nitrogen and oxygen atoms in total. The lowest BCUT2D eigenvalue weighted by atomic mass is 9.75. The lowest BCUT2D eigenvalue weighted by Crippen LogP contribution is -2.28. The highest BCUT2D eigenvalue weighted by Crippen LogP contribution is 2.50. The van der Waals surface area contributed by atoms with Gasteiger partial charge in [-0.3, -0.25) is 4.79 Å². The Kier molecular flexibility index (Phi) is 3.30. The monoisotopic (exact) mass is 304 g/mol. The minimum absolute atomic E-state index is 0.00229. The molecule has 0 aromatic carbocycles. The van der Waals surface area contributed by atoms with Gasteiger partial charge in [-0.1, -0.05) is 41.0 Å². The fourth-order valence-electron chi connectivity index (χ4n) is 3.01. The van der Waals surface area contributed by atoms with E-state index in [4.69, 9.17) is 0 Å². The predicted molar refractivity (Wildman–Crippen MR) is 66.5 cm³/mol. The maximum Gasteiger partial charge on any atom is 0.143 e. The first-order valence-corrected chi connectivity index (χ1v) is 6.87. The molecule has 2 aliphatic carbocycles. The van der Waals surface area contributed by atoms with E-state index in [-0.39, 0.29) is 5.41 Å². The molecule has 14 heavy (non-hydrogen) atoms.